The van der Waals surface area contributed by atoms with Crippen molar-refractivity contribution in [3.63, 3.8) is 0 Å². The highest BCUT2D eigenvalue weighted by atomic mass is 31.2. The van der Waals surface area contributed by atoms with Gasteiger partial charge in [0.25, 0.3) is 0 Å². The van der Waals surface area contributed by atoms with Gasteiger partial charge in [0.05, 0.1) is 25.4 Å². The van der Waals surface area contributed by atoms with Crippen molar-refractivity contribution in [1.29, 1.82) is 0 Å². The Morgan fingerprint density at radius 1 is 1.35 bits per heavy atom. The van der Waals surface area contributed by atoms with E-state index in [9.17, 15) is 9.46 Å². The van der Waals surface area contributed by atoms with Crippen molar-refractivity contribution in [3.8, 4) is 0 Å². The van der Waals surface area contributed by atoms with E-state index in [0.29, 0.717) is 11.8 Å². The van der Waals surface area contributed by atoms with E-state index < -0.39 is 7.82 Å². The molecule has 0 bridgehead atoms. The quantitative estimate of drug-likeness (QED) is 0.764. The van der Waals surface area contributed by atoms with E-state index in [1.807, 2.05) is 25.2 Å². The van der Waals surface area contributed by atoms with Gasteiger partial charge in [-0.25, -0.2) is 4.57 Å². The van der Waals surface area contributed by atoms with Crippen molar-refractivity contribution >= 4 is 7.82 Å². The zero-order valence-corrected chi connectivity index (χ0v) is 13.1. The summed E-state index contributed by atoms with van der Waals surface area (Å²) in [5, 5.41) is 0. The minimum absolute atomic E-state index is 0.0842. The highest BCUT2D eigenvalue weighted by molar-refractivity contribution is 7.47. The fourth-order valence-corrected chi connectivity index (χ4v) is 3.19. The standard InChI is InChI=1S/C14H23O5P/c1-10-11(2)14(19-12(10)3)9-18-20(15,16)17-8-13-6-4-5-7-13/h4-6,10-12,14H,7-9H2,1-3H3,(H,15,16)/t10?,11?,12-,14+/m0/s1. The van der Waals surface area contributed by atoms with Crippen molar-refractivity contribution in [1.82, 2.24) is 0 Å². The predicted octanol–water partition coefficient (Wildman–Crippen LogP) is 3.07. The normalized spacial score (nSPS) is 36.1. The lowest BCUT2D eigenvalue weighted by molar-refractivity contribution is 0.00348. The fraction of sp³-hybridized carbons (Fsp3) is 0.714. The number of ether oxygens (including phenoxy) is 1. The van der Waals surface area contributed by atoms with Crippen LogP contribution in [-0.4, -0.2) is 30.3 Å². The molecule has 114 valence electrons. The molecule has 0 aromatic heterocycles. The number of phosphoric acid groups is 1. The highest BCUT2D eigenvalue weighted by Gasteiger charge is 2.38. The minimum atomic E-state index is -4.01. The maximum absolute atomic E-state index is 11.8. The molecular formula is C14H23O5P. The van der Waals surface area contributed by atoms with Crippen LogP contribution in [0.15, 0.2) is 23.8 Å². The first-order valence-electron chi connectivity index (χ1n) is 7.01. The van der Waals surface area contributed by atoms with Crippen LogP contribution in [0.4, 0.5) is 0 Å². The van der Waals surface area contributed by atoms with Gasteiger partial charge in [-0.15, -0.1) is 0 Å². The number of phosphoric ester groups is 1. The summed E-state index contributed by atoms with van der Waals surface area (Å²) in [5.74, 6) is 0.712. The Labute approximate surface area is 120 Å². The third kappa shape index (κ3) is 4.03. The lowest BCUT2D eigenvalue weighted by atomic mass is 9.91. The Bertz CT molecular complexity index is 445. The first-order chi connectivity index (χ1) is 9.39. The average Bonchev–Trinajstić information content (AvgIpc) is 2.99. The molecule has 1 aliphatic carbocycles. The van der Waals surface area contributed by atoms with Crippen LogP contribution in [0.2, 0.25) is 0 Å². The van der Waals surface area contributed by atoms with Crippen LogP contribution < -0.4 is 0 Å². The van der Waals surface area contributed by atoms with Crippen molar-refractivity contribution < 1.29 is 23.2 Å². The summed E-state index contributed by atoms with van der Waals surface area (Å²) in [6.45, 7) is 6.40. The van der Waals surface area contributed by atoms with Crippen LogP contribution in [0.1, 0.15) is 27.2 Å². The molecule has 0 radical (unpaired) electrons. The first-order valence-corrected chi connectivity index (χ1v) is 8.50. The minimum Gasteiger partial charge on any atom is -0.372 e. The average molecular weight is 302 g/mol. The molecule has 1 heterocycles. The molecule has 0 aromatic rings. The predicted molar refractivity (Wildman–Crippen MR) is 76.2 cm³/mol. The van der Waals surface area contributed by atoms with Crippen LogP contribution in [0.25, 0.3) is 0 Å². The Morgan fingerprint density at radius 3 is 2.65 bits per heavy atom. The summed E-state index contributed by atoms with van der Waals surface area (Å²) in [6.07, 6.45) is 6.50. The van der Waals surface area contributed by atoms with Gasteiger partial charge in [0, 0.05) is 0 Å². The van der Waals surface area contributed by atoms with Crippen LogP contribution in [0, 0.1) is 11.8 Å². The lowest BCUT2D eigenvalue weighted by Gasteiger charge is -2.18. The molecule has 0 aromatic carbocycles. The van der Waals surface area contributed by atoms with Crippen molar-refractivity contribution in [2.75, 3.05) is 13.2 Å². The molecule has 1 fully saturated rings. The van der Waals surface area contributed by atoms with Crippen LogP contribution in [0.5, 0.6) is 0 Å². The van der Waals surface area contributed by atoms with E-state index in [2.05, 4.69) is 13.8 Å². The molecule has 5 atom stereocenters. The van der Waals surface area contributed by atoms with E-state index in [4.69, 9.17) is 13.8 Å². The molecule has 0 saturated carbocycles. The molecule has 6 heteroatoms. The number of allylic oxidation sites excluding steroid dienone is 3. The summed E-state index contributed by atoms with van der Waals surface area (Å²) in [6, 6.07) is 0. The second-order valence-corrected chi connectivity index (χ2v) is 7.05. The Morgan fingerprint density at radius 2 is 2.10 bits per heavy atom. The molecule has 3 unspecified atom stereocenters. The zero-order chi connectivity index (χ0) is 14.8. The summed E-state index contributed by atoms with van der Waals surface area (Å²) in [7, 11) is -4.01. The fourth-order valence-electron chi connectivity index (χ4n) is 2.45. The number of hydrogen-bond acceptors (Lipinski definition) is 4. The van der Waals surface area contributed by atoms with Crippen molar-refractivity contribution in [2.24, 2.45) is 11.8 Å². The zero-order valence-electron chi connectivity index (χ0n) is 12.2. The molecule has 1 N–H and O–H groups in total. The van der Waals surface area contributed by atoms with Gasteiger partial charge in [0.15, 0.2) is 0 Å². The van der Waals surface area contributed by atoms with E-state index in [1.54, 1.807) is 0 Å². The Balaban J connectivity index is 1.76. The summed E-state index contributed by atoms with van der Waals surface area (Å²) in [5.41, 5.74) is 0.968. The molecule has 0 amide bonds. The molecule has 20 heavy (non-hydrogen) atoms. The molecule has 0 spiro atoms. The van der Waals surface area contributed by atoms with Gasteiger partial charge in [-0.2, -0.15) is 0 Å². The third-order valence-corrected chi connectivity index (χ3v) is 5.14. The molecule has 1 aliphatic heterocycles. The van der Waals surface area contributed by atoms with Gasteiger partial charge in [-0.3, -0.25) is 9.05 Å². The number of hydrogen-bond donors (Lipinski definition) is 1. The lowest BCUT2D eigenvalue weighted by Crippen LogP contribution is -2.22. The van der Waals surface area contributed by atoms with Gasteiger partial charge in [-0.05, 0) is 30.8 Å². The van der Waals surface area contributed by atoms with E-state index >= 15 is 0 Å². The highest BCUT2D eigenvalue weighted by Crippen LogP contribution is 2.45. The van der Waals surface area contributed by atoms with Gasteiger partial charge in [-0.1, -0.05) is 32.1 Å². The summed E-state index contributed by atoms with van der Waals surface area (Å²) >= 11 is 0. The van der Waals surface area contributed by atoms with Gasteiger partial charge in [0.2, 0.25) is 0 Å². The monoisotopic (exact) mass is 302 g/mol. The van der Waals surface area contributed by atoms with Crippen LogP contribution >= 0.6 is 7.82 Å². The maximum Gasteiger partial charge on any atom is 0.472 e. The molecule has 2 rings (SSSR count). The molecule has 2 aliphatic rings. The van der Waals surface area contributed by atoms with Crippen molar-refractivity contribution in [3.05, 3.63) is 23.8 Å². The van der Waals surface area contributed by atoms with Gasteiger partial charge in [0.1, 0.15) is 0 Å². The second kappa shape index (κ2) is 6.54. The van der Waals surface area contributed by atoms with Gasteiger partial charge < -0.3 is 9.63 Å². The topological polar surface area (TPSA) is 65.0 Å². The smallest absolute Gasteiger partial charge is 0.372 e. The largest absolute Gasteiger partial charge is 0.472 e. The molecule has 1 saturated heterocycles. The van der Waals surface area contributed by atoms with E-state index in [-0.39, 0.29) is 25.4 Å². The summed E-state index contributed by atoms with van der Waals surface area (Å²) in [4.78, 5) is 9.66. The first kappa shape index (κ1) is 15.9. The molecule has 5 nitrogen and oxygen atoms in total. The Kier molecular flexibility index (Phi) is 5.21. The Hall–Kier alpha value is -0.450. The SMILES string of the molecule is CC1C(C)[C@@H](COP(=O)(O)OCC2=CC=CC2)O[C@H]1C. The van der Waals surface area contributed by atoms with E-state index in [0.717, 1.165) is 12.0 Å². The molecular weight excluding hydrogens is 279 g/mol. The van der Waals surface area contributed by atoms with Crippen molar-refractivity contribution in [2.45, 2.75) is 39.4 Å². The van der Waals surface area contributed by atoms with Gasteiger partial charge >= 0.3 is 7.82 Å². The van der Waals surface area contributed by atoms with Crippen LogP contribution in [-0.2, 0) is 18.3 Å². The summed E-state index contributed by atoms with van der Waals surface area (Å²) < 4.78 is 27.6. The maximum atomic E-state index is 11.8. The van der Waals surface area contributed by atoms with Crippen LogP contribution in [0.3, 0.4) is 0 Å². The third-order valence-electron chi connectivity index (χ3n) is 4.21. The number of rotatable bonds is 6. The van der Waals surface area contributed by atoms with E-state index in [1.165, 1.54) is 0 Å². The second-order valence-electron chi connectivity index (χ2n) is 5.59.